The van der Waals surface area contributed by atoms with Gasteiger partial charge >= 0.3 is 0 Å². The van der Waals surface area contributed by atoms with Gasteiger partial charge in [0.05, 0.1) is 6.61 Å². The first-order valence-electron chi connectivity index (χ1n) is 5.74. The van der Waals surface area contributed by atoms with E-state index in [4.69, 9.17) is 15.6 Å². The molecule has 0 saturated carbocycles. The van der Waals surface area contributed by atoms with Gasteiger partial charge in [-0.25, -0.2) is 0 Å². The van der Waals surface area contributed by atoms with Crippen LogP contribution >= 0.6 is 11.5 Å². The second-order valence-electron chi connectivity index (χ2n) is 4.26. The minimum atomic E-state index is -1.22. The van der Waals surface area contributed by atoms with Crippen LogP contribution in [-0.2, 0) is 4.74 Å². The third-order valence-corrected chi connectivity index (χ3v) is 3.58. The van der Waals surface area contributed by atoms with Crippen LogP contribution in [-0.4, -0.2) is 66.0 Å². The van der Waals surface area contributed by atoms with Crippen LogP contribution in [0.3, 0.4) is 0 Å². The summed E-state index contributed by atoms with van der Waals surface area (Å²) in [6, 6.07) is 0. The average molecular weight is 300 g/mol. The molecule has 0 aromatic carbocycles. The molecule has 10 nitrogen and oxygen atoms in total. The van der Waals surface area contributed by atoms with Crippen molar-refractivity contribution >= 4 is 33.6 Å². The van der Waals surface area contributed by atoms with Crippen molar-refractivity contribution in [3.8, 4) is 0 Å². The van der Waals surface area contributed by atoms with Gasteiger partial charge in [0, 0.05) is 11.5 Å². The molecule has 0 unspecified atom stereocenters. The highest BCUT2D eigenvalue weighted by molar-refractivity contribution is 7.12. The van der Waals surface area contributed by atoms with Gasteiger partial charge in [-0.1, -0.05) is 4.49 Å². The Morgan fingerprint density at radius 2 is 2.10 bits per heavy atom. The number of hydrogen-bond donors (Lipinski definition) is 5. The van der Waals surface area contributed by atoms with Gasteiger partial charge in [0.2, 0.25) is 5.95 Å². The third kappa shape index (κ3) is 2.14. The maximum Gasteiger partial charge on any atom is 0.223 e. The standard InChI is InChI=1S/C9H12N6O4S/c10-9-12-6(3-8(13-9)20-15-14-3)11-7-5(18)4(17)2(1-16)19-7/h2,4-5,7,16-18H,1H2,(H3,10,11,12,13)/t2-,4-,5-,7-/m1/s1. The number of nitrogens with two attached hydrogens (primary N) is 1. The molecule has 0 aliphatic carbocycles. The van der Waals surface area contributed by atoms with Crippen LogP contribution in [0.2, 0.25) is 0 Å². The fourth-order valence-corrected chi connectivity index (χ4v) is 2.52. The van der Waals surface area contributed by atoms with Gasteiger partial charge in [-0.3, -0.25) is 0 Å². The molecular weight excluding hydrogens is 288 g/mol. The lowest BCUT2D eigenvalue weighted by Crippen LogP contribution is -2.36. The van der Waals surface area contributed by atoms with E-state index in [1.165, 1.54) is 0 Å². The molecule has 3 heterocycles. The molecule has 0 spiro atoms. The molecule has 1 aliphatic rings. The Labute approximate surface area is 116 Å². The van der Waals surface area contributed by atoms with Crippen molar-refractivity contribution in [1.82, 2.24) is 19.6 Å². The summed E-state index contributed by atoms with van der Waals surface area (Å²) in [5.41, 5.74) is 5.96. The number of hydrogen-bond acceptors (Lipinski definition) is 11. The van der Waals surface area contributed by atoms with E-state index in [0.717, 1.165) is 11.5 Å². The Morgan fingerprint density at radius 3 is 2.80 bits per heavy atom. The molecule has 1 fully saturated rings. The number of aliphatic hydroxyl groups excluding tert-OH is 3. The highest BCUT2D eigenvalue weighted by Crippen LogP contribution is 2.26. The molecular formula is C9H12N6O4S. The number of ether oxygens (including phenoxy) is 1. The van der Waals surface area contributed by atoms with Crippen molar-refractivity contribution in [2.45, 2.75) is 24.5 Å². The topological polar surface area (TPSA) is 160 Å². The summed E-state index contributed by atoms with van der Waals surface area (Å²) in [5.74, 6) is 0.272. The number of fused-ring (bicyclic) bond motifs is 1. The van der Waals surface area contributed by atoms with Crippen LogP contribution in [0.1, 0.15) is 0 Å². The Hall–Kier alpha value is -1.66. The van der Waals surface area contributed by atoms with Crippen LogP contribution in [0.15, 0.2) is 0 Å². The minimum absolute atomic E-state index is 0.0257. The molecule has 3 rings (SSSR count). The van der Waals surface area contributed by atoms with Crippen molar-refractivity contribution in [1.29, 1.82) is 0 Å². The minimum Gasteiger partial charge on any atom is -0.394 e. The molecule has 11 heteroatoms. The molecule has 20 heavy (non-hydrogen) atoms. The number of aliphatic hydroxyl groups is 3. The Balaban J connectivity index is 1.88. The predicted octanol–water partition coefficient (Wildman–Crippen LogP) is -2.09. The Kier molecular flexibility index (Phi) is 3.35. The van der Waals surface area contributed by atoms with Gasteiger partial charge in [-0.2, -0.15) is 9.97 Å². The van der Waals surface area contributed by atoms with Crippen molar-refractivity contribution in [2.24, 2.45) is 0 Å². The lowest BCUT2D eigenvalue weighted by molar-refractivity contribution is -0.0153. The molecule has 1 saturated heterocycles. The average Bonchev–Trinajstić information content (AvgIpc) is 2.98. The number of nitrogens with one attached hydrogen (secondary N) is 1. The Morgan fingerprint density at radius 1 is 1.30 bits per heavy atom. The van der Waals surface area contributed by atoms with E-state index in [2.05, 4.69) is 24.9 Å². The van der Waals surface area contributed by atoms with E-state index in [-0.39, 0.29) is 11.8 Å². The maximum atomic E-state index is 9.86. The van der Waals surface area contributed by atoms with Gasteiger partial charge in [-0.15, -0.1) is 5.10 Å². The lowest BCUT2D eigenvalue weighted by Gasteiger charge is -2.16. The van der Waals surface area contributed by atoms with Crippen molar-refractivity contribution in [3.63, 3.8) is 0 Å². The van der Waals surface area contributed by atoms with Gasteiger partial charge in [0.15, 0.2) is 22.4 Å². The summed E-state index contributed by atoms with van der Waals surface area (Å²) >= 11 is 1.06. The summed E-state index contributed by atoms with van der Waals surface area (Å²) in [6.07, 6.45) is -4.22. The molecule has 4 atom stereocenters. The van der Waals surface area contributed by atoms with Crippen molar-refractivity contribution in [3.05, 3.63) is 0 Å². The largest absolute Gasteiger partial charge is 0.394 e. The fourth-order valence-electron chi connectivity index (χ4n) is 1.96. The summed E-state index contributed by atoms with van der Waals surface area (Å²) in [4.78, 5) is 8.43. The molecule has 2 aromatic heterocycles. The third-order valence-electron chi connectivity index (χ3n) is 2.96. The van der Waals surface area contributed by atoms with Gasteiger partial charge in [-0.05, 0) is 0 Å². The normalized spacial score (nSPS) is 29.9. The zero-order valence-electron chi connectivity index (χ0n) is 10.0. The Bertz CT molecular complexity index is 624. The summed E-state index contributed by atoms with van der Waals surface area (Å²) < 4.78 is 9.04. The van der Waals surface area contributed by atoms with Gasteiger partial charge in [0.25, 0.3) is 0 Å². The molecule has 108 valence electrons. The smallest absolute Gasteiger partial charge is 0.223 e. The van der Waals surface area contributed by atoms with E-state index in [1.807, 2.05) is 0 Å². The first-order chi connectivity index (χ1) is 9.60. The zero-order valence-corrected chi connectivity index (χ0v) is 10.9. The van der Waals surface area contributed by atoms with Crippen LogP contribution in [0.5, 0.6) is 0 Å². The summed E-state index contributed by atoms with van der Waals surface area (Å²) in [7, 11) is 0. The molecule has 0 radical (unpaired) electrons. The van der Waals surface area contributed by atoms with Crippen LogP contribution in [0.25, 0.3) is 10.3 Å². The zero-order chi connectivity index (χ0) is 14.3. The van der Waals surface area contributed by atoms with Crippen molar-refractivity contribution < 1.29 is 20.1 Å². The van der Waals surface area contributed by atoms with Crippen LogP contribution in [0, 0.1) is 0 Å². The summed E-state index contributed by atoms with van der Waals surface area (Å²) in [6.45, 7) is -0.407. The highest BCUT2D eigenvalue weighted by Gasteiger charge is 2.42. The van der Waals surface area contributed by atoms with E-state index in [9.17, 15) is 10.2 Å². The quantitative estimate of drug-likeness (QED) is 0.425. The van der Waals surface area contributed by atoms with E-state index < -0.39 is 31.1 Å². The van der Waals surface area contributed by atoms with E-state index >= 15 is 0 Å². The summed E-state index contributed by atoms with van der Waals surface area (Å²) in [5, 5.41) is 35.2. The second kappa shape index (κ2) is 5.03. The molecule has 2 aromatic rings. The highest BCUT2D eigenvalue weighted by atomic mass is 32.1. The van der Waals surface area contributed by atoms with Crippen LogP contribution < -0.4 is 11.1 Å². The molecule has 0 bridgehead atoms. The maximum absolute atomic E-state index is 9.86. The van der Waals surface area contributed by atoms with Crippen molar-refractivity contribution in [2.75, 3.05) is 17.7 Å². The number of aromatic nitrogens is 4. The monoisotopic (exact) mass is 300 g/mol. The fraction of sp³-hybridized carbons (Fsp3) is 0.556. The lowest BCUT2D eigenvalue weighted by atomic mass is 10.1. The number of rotatable bonds is 3. The van der Waals surface area contributed by atoms with E-state index in [0.29, 0.717) is 10.3 Å². The second-order valence-corrected chi connectivity index (χ2v) is 4.99. The predicted molar refractivity (Wildman–Crippen MR) is 68.8 cm³/mol. The molecule has 6 N–H and O–H groups in total. The SMILES string of the molecule is Nc1nc(N[C@@H]2O[C@H](CO)[C@@H](O)[C@H]2O)c2nnsc2n1. The van der Waals surface area contributed by atoms with Gasteiger partial charge in [0.1, 0.15) is 18.3 Å². The molecule has 0 amide bonds. The first kappa shape index (κ1) is 13.3. The number of anilines is 2. The number of nitrogen functional groups attached to an aromatic ring is 1. The van der Waals surface area contributed by atoms with E-state index in [1.54, 1.807) is 0 Å². The van der Waals surface area contributed by atoms with Gasteiger partial charge < -0.3 is 31.1 Å². The van der Waals surface area contributed by atoms with Crippen LogP contribution in [0.4, 0.5) is 11.8 Å². The first-order valence-corrected chi connectivity index (χ1v) is 6.52. The molecule has 1 aliphatic heterocycles. The number of nitrogens with zero attached hydrogens (tertiary/aromatic N) is 4.